The van der Waals surface area contributed by atoms with Crippen molar-refractivity contribution in [3.05, 3.63) is 83.2 Å². The van der Waals surface area contributed by atoms with Crippen LogP contribution in [0, 0.1) is 13.8 Å². The van der Waals surface area contributed by atoms with E-state index in [2.05, 4.69) is 26.7 Å². The van der Waals surface area contributed by atoms with E-state index in [4.69, 9.17) is 0 Å². The summed E-state index contributed by atoms with van der Waals surface area (Å²) < 4.78 is 0. The first-order valence-corrected chi connectivity index (χ1v) is 8.61. The summed E-state index contributed by atoms with van der Waals surface area (Å²) in [4.78, 5) is 20.9. The van der Waals surface area contributed by atoms with E-state index in [1.165, 1.54) is 5.56 Å². The lowest BCUT2D eigenvalue weighted by Gasteiger charge is -2.10. The van der Waals surface area contributed by atoms with Crippen LogP contribution in [0.1, 0.15) is 27.2 Å². The van der Waals surface area contributed by atoms with Gasteiger partial charge in [-0.1, -0.05) is 42.5 Å². The van der Waals surface area contributed by atoms with Crippen molar-refractivity contribution in [2.75, 3.05) is 11.9 Å². The molecule has 0 fully saturated rings. The van der Waals surface area contributed by atoms with Gasteiger partial charge in [0.05, 0.1) is 0 Å². The maximum Gasteiger partial charge on any atom is 0.270 e. The molecule has 1 heterocycles. The summed E-state index contributed by atoms with van der Waals surface area (Å²) in [6.07, 6.45) is 2.37. The van der Waals surface area contributed by atoms with Crippen LogP contribution in [0.25, 0.3) is 0 Å². The highest BCUT2D eigenvalue weighted by Gasteiger charge is 2.09. The van der Waals surface area contributed by atoms with Crippen molar-refractivity contribution >= 4 is 17.5 Å². The minimum Gasteiger partial charge on any atom is -0.350 e. The number of anilines is 2. The second kappa shape index (κ2) is 8.25. The number of nitrogens with one attached hydrogen (secondary N) is 2. The van der Waals surface area contributed by atoms with Gasteiger partial charge in [0, 0.05) is 18.4 Å². The zero-order valence-electron chi connectivity index (χ0n) is 15.0. The molecule has 0 aliphatic rings. The van der Waals surface area contributed by atoms with Gasteiger partial charge in [-0.05, 0) is 49.1 Å². The summed E-state index contributed by atoms with van der Waals surface area (Å²) in [7, 11) is 0. The fourth-order valence-electron chi connectivity index (χ4n) is 2.59. The lowest BCUT2D eigenvalue weighted by atomic mass is 10.1. The van der Waals surface area contributed by atoms with Gasteiger partial charge in [-0.2, -0.15) is 0 Å². The summed E-state index contributed by atoms with van der Waals surface area (Å²) in [6.45, 7) is 4.61. The molecule has 0 aliphatic heterocycles. The van der Waals surface area contributed by atoms with Gasteiger partial charge in [-0.3, -0.25) is 4.79 Å². The van der Waals surface area contributed by atoms with Gasteiger partial charge in [0.2, 0.25) is 5.95 Å². The number of hydrogen-bond acceptors (Lipinski definition) is 4. The van der Waals surface area contributed by atoms with Crippen molar-refractivity contribution in [2.45, 2.75) is 20.3 Å². The molecule has 132 valence electrons. The molecule has 0 unspecified atom stereocenters. The second-order valence-electron chi connectivity index (χ2n) is 6.20. The van der Waals surface area contributed by atoms with Crippen molar-refractivity contribution in [1.82, 2.24) is 15.3 Å². The molecule has 0 atom stereocenters. The Hall–Kier alpha value is -3.21. The van der Waals surface area contributed by atoms with Crippen LogP contribution in [0.2, 0.25) is 0 Å². The predicted octanol–water partition coefficient (Wildman–Crippen LogP) is 3.81. The van der Waals surface area contributed by atoms with Gasteiger partial charge >= 0.3 is 0 Å². The van der Waals surface area contributed by atoms with E-state index in [9.17, 15) is 4.79 Å². The minimum absolute atomic E-state index is 0.202. The van der Waals surface area contributed by atoms with Crippen molar-refractivity contribution in [3.8, 4) is 0 Å². The zero-order valence-corrected chi connectivity index (χ0v) is 15.0. The Kier molecular flexibility index (Phi) is 5.59. The number of rotatable bonds is 6. The second-order valence-corrected chi connectivity index (χ2v) is 6.20. The smallest absolute Gasteiger partial charge is 0.270 e. The normalized spacial score (nSPS) is 10.4. The van der Waals surface area contributed by atoms with Gasteiger partial charge in [-0.25, -0.2) is 9.97 Å². The molecule has 26 heavy (non-hydrogen) atoms. The van der Waals surface area contributed by atoms with E-state index >= 15 is 0 Å². The van der Waals surface area contributed by atoms with E-state index < -0.39 is 0 Å². The maximum atomic E-state index is 12.3. The zero-order chi connectivity index (χ0) is 18.4. The molecule has 0 aliphatic carbocycles. The van der Waals surface area contributed by atoms with Crippen LogP contribution in [-0.2, 0) is 6.42 Å². The standard InChI is InChI=1S/C21H22N4O/c1-15-8-9-16(2)19(14-15)25-21-23-13-11-18(24-21)20(26)22-12-10-17-6-4-3-5-7-17/h3-9,11,13-14H,10,12H2,1-2H3,(H,22,26)(H,23,24,25). The SMILES string of the molecule is Cc1ccc(C)c(Nc2nccc(C(=O)NCCc3ccccc3)n2)c1. The van der Waals surface area contributed by atoms with E-state index in [1.807, 2.05) is 56.3 Å². The maximum absolute atomic E-state index is 12.3. The van der Waals surface area contributed by atoms with Crippen molar-refractivity contribution in [1.29, 1.82) is 0 Å². The Balaban J connectivity index is 1.63. The Morgan fingerprint density at radius 1 is 1.04 bits per heavy atom. The third-order valence-electron chi connectivity index (χ3n) is 4.07. The van der Waals surface area contributed by atoms with E-state index in [0.717, 1.165) is 23.2 Å². The fourth-order valence-corrected chi connectivity index (χ4v) is 2.59. The molecule has 5 heteroatoms. The Morgan fingerprint density at radius 3 is 2.65 bits per heavy atom. The average Bonchev–Trinajstić information content (AvgIpc) is 2.66. The van der Waals surface area contributed by atoms with Crippen LogP contribution >= 0.6 is 0 Å². The summed E-state index contributed by atoms with van der Waals surface area (Å²) >= 11 is 0. The van der Waals surface area contributed by atoms with Gasteiger partial charge in [0.1, 0.15) is 5.69 Å². The number of hydrogen-bond donors (Lipinski definition) is 2. The van der Waals surface area contributed by atoms with Crippen LogP contribution < -0.4 is 10.6 Å². The Morgan fingerprint density at radius 2 is 1.85 bits per heavy atom. The third kappa shape index (κ3) is 4.66. The molecule has 0 spiro atoms. The van der Waals surface area contributed by atoms with E-state index in [-0.39, 0.29) is 5.91 Å². The molecular formula is C21H22N4O. The monoisotopic (exact) mass is 346 g/mol. The predicted molar refractivity (Wildman–Crippen MR) is 104 cm³/mol. The van der Waals surface area contributed by atoms with Crippen LogP contribution in [0.5, 0.6) is 0 Å². The van der Waals surface area contributed by atoms with Crippen LogP contribution in [0.3, 0.4) is 0 Å². The average molecular weight is 346 g/mol. The molecule has 2 aromatic carbocycles. The molecular weight excluding hydrogens is 324 g/mol. The van der Waals surface area contributed by atoms with Crippen molar-refractivity contribution in [2.24, 2.45) is 0 Å². The Bertz CT molecular complexity index is 894. The molecule has 3 aromatic rings. The lowest BCUT2D eigenvalue weighted by Crippen LogP contribution is -2.26. The minimum atomic E-state index is -0.202. The highest BCUT2D eigenvalue weighted by atomic mass is 16.1. The molecule has 3 rings (SSSR count). The molecule has 0 bridgehead atoms. The third-order valence-corrected chi connectivity index (χ3v) is 4.07. The molecule has 5 nitrogen and oxygen atoms in total. The van der Waals surface area contributed by atoms with Crippen LogP contribution in [0.4, 0.5) is 11.6 Å². The quantitative estimate of drug-likeness (QED) is 0.712. The van der Waals surface area contributed by atoms with Gasteiger partial charge in [-0.15, -0.1) is 0 Å². The Labute approximate surface area is 153 Å². The highest BCUT2D eigenvalue weighted by Crippen LogP contribution is 2.19. The number of carbonyl (C=O) groups is 1. The highest BCUT2D eigenvalue weighted by molar-refractivity contribution is 5.92. The first kappa shape index (κ1) is 17.6. The number of amides is 1. The molecule has 2 N–H and O–H groups in total. The van der Waals surface area contributed by atoms with Crippen LogP contribution in [0.15, 0.2) is 60.8 Å². The first-order valence-electron chi connectivity index (χ1n) is 8.61. The topological polar surface area (TPSA) is 66.9 Å². The van der Waals surface area contributed by atoms with E-state index in [0.29, 0.717) is 18.2 Å². The number of benzene rings is 2. The van der Waals surface area contributed by atoms with Gasteiger partial charge in [0.15, 0.2) is 0 Å². The van der Waals surface area contributed by atoms with E-state index in [1.54, 1.807) is 12.3 Å². The molecule has 1 aromatic heterocycles. The molecule has 0 radical (unpaired) electrons. The summed E-state index contributed by atoms with van der Waals surface area (Å²) in [5.74, 6) is 0.210. The molecule has 0 saturated carbocycles. The number of carbonyl (C=O) groups excluding carboxylic acids is 1. The molecule has 1 amide bonds. The summed E-state index contributed by atoms with van der Waals surface area (Å²) in [5.41, 5.74) is 4.71. The lowest BCUT2D eigenvalue weighted by molar-refractivity contribution is 0.0949. The molecule has 0 saturated heterocycles. The summed E-state index contributed by atoms with van der Waals surface area (Å²) in [6, 6.07) is 17.8. The number of aryl methyl sites for hydroxylation is 2. The van der Waals surface area contributed by atoms with Crippen molar-refractivity contribution in [3.63, 3.8) is 0 Å². The number of aromatic nitrogens is 2. The largest absolute Gasteiger partial charge is 0.350 e. The fraction of sp³-hybridized carbons (Fsp3) is 0.190. The summed E-state index contributed by atoms with van der Waals surface area (Å²) in [5, 5.41) is 6.09. The first-order chi connectivity index (χ1) is 12.6. The van der Waals surface area contributed by atoms with Gasteiger partial charge < -0.3 is 10.6 Å². The van der Waals surface area contributed by atoms with Crippen LogP contribution in [-0.4, -0.2) is 22.4 Å². The number of nitrogens with zero attached hydrogens (tertiary/aromatic N) is 2. The van der Waals surface area contributed by atoms with Crippen molar-refractivity contribution < 1.29 is 4.79 Å². The van der Waals surface area contributed by atoms with Gasteiger partial charge in [0.25, 0.3) is 5.91 Å².